The number of hydrogen-bond acceptors (Lipinski definition) is 4. The van der Waals surface area contributed by atoms with Crippen LogP contribution in [0.5, 0.6) is 0 Å². The first-order chi connectivity index (χ1) is 12.7. The predicted molar refractivity (Wildman–Crippen MR) is 107 cm³/mol. The maximum atomic E-state index is 6.01. The first kappa shape index (κ1) is 17.4. The van der Waals surface area contributed by atoms with Gasteiger partial charge < -0.3 is 14.8 Å². The van der Waals surface area contributed by atoms with Gasteiger partial charge in [0.25, 0.3) is 0 Å². The summed E-state index contributed by atoms with van der Waals surface area (Å²) in [5, 5.41) is 0.782. The van der Waals surface area contributed by atoms with Gasteiger partial charge in [-0.2, -0.15) is 0 Å². The lowest BCUT2D eigenvalue weighted by atomic mass is 10.1. The second-order valence-corrected chi connectivity index (χ2v) is 7.63. The fourth-order valence-electron chi connectivity index (χ4n) is 3.86. The number of nitrogens with zero attached hydrogens (tertiary/aromatic N) is 4. The summed E-state index contributed by atoms with van der Waals surface area (Å²) in [4.78, 5) is 18.2. The highest BCUT2D eigenvalue weighted by Gasteiger charge is 2.36. The van der Waals surface area contributed by atoms with Crippen LogP contribution in [0.2, 0.25) is 5.02 Å². The van der Waals surface area contributed by atoms with Gasteiger partial charge in [-0.1, -0.05) is 37.6 Å². The Morgan fingerprint density at radius 1 is 1.19 bits per heavy atom. The van der Waals surface area contributed by atoms with Crippen molar-refractivity contribution >= 4 is 23.3 Å². The van der Waals surface area contributed by atoms with Crippen molar-refractivity contribution in [2.75, 3.05) is 24.7 Å². The minimum atomic E-state index is 0.276. The molecule has 0 amide bonds. The number of aryl methyl sites for hydroxylation is 1. The lowest BCUT2D eigenvalue weighted by Gasteiger charge is -2.34. The average Bonchev–Trinajstić information content (AvgIpc) is 3.21. The average molecular weight is 372 g/mol. The zero-order valence-corrected chi connectivity index (χ0v) is 16.3. The van der Waals surface area contributed by atoms with Gasteiger partial charge in [0.05, 0.1) is 12.7 Å². The van der Waals surface area contributed by atoms with E-state index in [1.165, 1.54) is 5.56 Å². The first-order valence-corrected chi connectivity index (χ1v) is 9.97. The van der Waals surface area contributed by atoms with Crippen LogP contribution in [-0.4, -0.2) is 46.5 Å². The minimum absolute atomic E-state index is 0.276. The van der Waals surface area contributed by atoms with Crippen LogP contribution in [0.3, 0.4) is 0 Å². The summed E-state index contributed by atoms with van der Waals surface area (Å²) < 4.78 is 0. The molecule has 1 aromatic heterocycles. The standard InChI is InChI=1S/C20H26ClN5/c1-3-5-17-23-18-19-22-16(11-14-6-8-15(21)9-7-14)12-26(19)13-25(10-4-2)20(18)24-17/h6-9,16H,3-5,10-13H2,1-2H3,(H,23,24). The second kappa shape index (κ2) is 7.31. The quantitative estimate of drug-likeness (QED) is 0.838. The van der Waals surface area contributed by atoms with Crippen LogP contribution in [0.4, 0.5) is 5.82 Å². The lowest BCUT2D eigenvalue weighted by molar-refractivity contribution is 0.406. The maximum Gasteiger partial charge on any atom is 0.159 e. The van der Waals surface area contributed by atoms with Gasteiger partial charge in [0.15, 0.2) is 11.7 Å². The van der Waals surface area contributed by atoms with Crippen molar-refractivity contribution in [3.63, 3.8) is 0 Å². The van der Waals surface area contributed by atoms with E-state index in [2.05, 4.69) is 40.8 Å². The number of halogens is 1. The van der Waals surface area contributed by atoms with Crippen LogP contribution in [-0.2, 0) is 12.8 Å². The van der Waals surface area contributed by atoms with Crippen molar-refractivity contribution in [1.82, 2.24) is 14.9 Å². The third-order valence-corrected chi connectivity index (χ3v) is 5.25. The molecule has 0 fully saturated rings. The maximum absolute atomic E-state index is 6.01. The number of H-pyrrole nitrogens is 1. The summed E-state index contributed by atoms with van der Waals surface area (Å²) in [6.45, 7) is 7.27. The van der Waals surface area contributed by atoms with Crippen molar-refractivity contribution < 1.29 is 0 Å². The zero-order valence-electron chi connectivity index (χ0n) is 15.5. The number of fused-ring (bicyclic) bond motifs is 3. The molecule has 2 aromatic rings. The van der Waals surface area contributed by atoms with E-state index in [1.807, 2.05) is 12.1 Å². The number of amidine groups is 1. The summed E-state index contributed by atoms with van der Waals surface area (Å²) >= 11 is 6.01. The molecule has 0 aliphatic carbocycles. The molecule has 2 aliphatic rings. The molecule has 1 N–H and O–H groups in total. The van der Waals surface area contributed by atoms with Crippen LogP contribution >= 0.6 is 11.6 Å². The van der Waals surface area contributed by atoms with Gasteiger partial charge in [0.1, 0.15) is 11.5 Å². The van der Waals surface area contributed by atoms with E-state index in [0.29, 0.717) is 0 Å². The topological polar surface area (TPSA) is 47.5 Å². The number of hydrogen-bond donors (Lipinski definition) is 1. The smallest absolute Gasteiger partial charge is 0.159 e. The number of aromatic nitrogens is 2. The summed E-state index contributed by atoms with van der Waals surface area (Å²) in [5.41, 5.74) is 2.39. The van der Waals surface area contributed by atoms with Crippen molar-refractivity contribution in [2.24, 2.45) is 4.99 Å². The fourth-order valence-corrected chi connectivity index (χ4v) is 3.98. The molecule has 4 rings (SSSR count). The van der Waals surface area contributed by atoms with Gasteiger partial charge in [0.2, 0.25) is 0 Å². The third kappa shape index (κ3) is 3.32. The molecule has 138 valence electrons. The molecule has 6 heteroatoms. The van der Waals surface area contributed by atoms with E-state index >= 15 is 0 Å². The molecule has 2 aliphatic heterocycles. The molecule has 5 nitrogen and oxygen atoms in total. The number of aliphatic imine (C=N–C) groups is 1. The minimum Gasteiger partial charge on any atom is -0.338 e. The van der Waals surface area contributed by atoms with Crippen LogP contribution in [0.15, 0.2) is 29.3 Å². The van der Waals surface area contributed by atoms with E-state index < -0.39 is 0 Å². The lowest BCUT2D eigenvalue weighted by Crippen LogP contribution is -2.46. The molecule has 26 heavy (non-hydrogen) atoms. The summed E-state index contributed by atoms with van der Waals surface area (Å²) in [6, 6.07) is 8.39. The Bertz CT molecular complexity index is 795. The molecule has 0 bridgehead atoms. The highest BCUT2D eigenvalue weighted by atomic mass is 35.5. The van der Waals surface area contributed by atoms with Gasteiger partial charge in [-0.25, -0.2) is 4.98 Å². The first-order valence-electron chi connectivity index (χ1n) is 9.59. The van der Waals surface area contributed by atoms with Crippen molar-refractivity contribution in [3.05, 3.63) is 46.4 Å². The number of nitrogens with one attached hydrogen (secondary N) is 1. The van der Waals surface area contributed by atoms with Crippen LogP contribution < -0.4 is 4.90 Å². The van der Waals surface area contributed by atoms with E-state index in [4.69, 9.17) is 21.6 Å². The Hall–Kier alpha value is -2.01. The van der Waals surface area contributed by atoms with Crippen molar-refractivity contribution in [3.8, 4) is 0 Å². The van der Waals surface area contributed by atoms with Gasteiger partial charge in [-0.3, -0.25) is 4.99 Å². The van der Waals surface area contributed by atoms with E-state index in [1.54, 1.807) is 0 Å². The predicted octanol–water partition coefficient (Wildman–Crippen LogP) is 3.88. The second-order valence-electron chi connectivity index (χ2n) is 7.20. The molecule has 0 spiro atoms. The van der Waals surface area contributed by atoms with Crippen molar-refractivity contribution in [1.29, 1.82) is 0 Å². The van der Waals surface area contributed by atoms with Gasteiger partial charge in [0, 0.05) is 24.5 Å². The fraction of sp³-hybridized carbons (Fsp3) is 0.500. The molecule has 1 unspecified atom stereocenters. The van der Waals surface area contributed by atoms with Crippen LogP contribution in [0.1, 0.15) is 43.8 Å². The summed E-state index contributed by atoms with van der Waals surface area (Å²) in [6.07, 6.45) is 4.13. The van der Waals surface area contributed by atoms with Gasteiger partial charge in [-0.05, 0) is 37.0 Å². The summed E-state index contributed by atoms with van der Waals surface area (Å²) in [7, 11) is 0. The molecule has 3 heterocycles. The molecular weight excluding hydrogens is 346 g/mol. The number of rotatable bonds is 6. The number of anilines is 1. The Kier molecular flexibility index (Phi) is 4.90. The third-order valence-electron chi connectivity index (χ3n) is 5.00. The highest BCUT2D eigenvalue weighted by molar-refractivity contribution is 6.30. The Morgan fingerprint density at radius 3 is 2.73 bits per heavy atom. The molecule has 0 saturated heterocycles. The molecular formula is C20H26ClN5. The van der Waals surface area contributed by atoms with Gasteiger partial charge >= 0.3 is 0 Å². The van der Waals surface area contributed by atoms with E-state index in [-0.39, 0.29) is 6.04 Å². The van der Waals surface area contributed by atoms with Crippen LogP contribution in [0.25, 0.3) is 0 Å². The normalized spacial score (nSPS) is 18.7. The van der Waals surface area contributed by atoms with Crippen LogP contribution in [0, 0.1) is 0 Å². The molecule has 1 atom stereocenters. The number of aromatic amines is 1. The molecule has 0 radical (unpaired) electrons. The van der Waals surface area contributed by atoms with E-state index in [0.717, 1.165) is 73.6 Å². The Balaban J connectivity index is 1.59. The van der Waals surface area contributed by atoms with E-state index in [9.17, 15) is 0 Å². The SMILES string of the molecule is CCCc1nc2c([nH]1)C1=NC(Cc3ccc(Cl)cc3)CN1CN2CCC. The molecule has 0 saturated carbocycles. The number of imidazole rings is 1. The largest absolute Gasteiger partial charge is 0.338 e. The Labute approximate surface area is 160 Å². The van der Waals surface area contributed by atoms with Gasteiger partial charge in [-0.15, -0.1) is 0 Å². The molecule has 1 aromatic carbocycles. The number of benzene rings is 1. The highest BCUT2D eigenvalue weighted by Crippen LogP contribution is 2.30. The Morgan fingerprint density at radius 2 is 2.00 bits per heavy atom. The summed E-state index contributed by atoms with van der Waals surface area (Å²) in [5.74, 6) is 3.24. The van der Waals surface area contributed by atoms with Crippen molar-refractivity contribution in [2.45, 2.75) is 45.6 Å². The monoisotopic (exact) mass is 371 g/mol. The zero-order chi connectivity index (χ0) is 18.1.